The summed E-state index contributed by atoms with van der Waals surface area (Å²) < 4.78 is 5.11. The van der Waals surface area contributed by atoms with Gasteiger partial charge < -0.3 is 15.0 Å². The summed E-state index contributed by atoms with van der Waals surface area (Å²) in [6.07, 6.45) is 5.90. The minimum Gasteiger partial charge on any atom is -0.385 e. The smallest absolute Gasteiger partial charge is 0.254 e. The van der Waals surface area contributed by atoms with Crippen molar-refractivity contribution in [2.24, 2.45) is 5.92 Å². The number of nitrogens with one attached hydrogen (secondary N) is 1. The standard InChI is InChI=1S/C23H34N2O3/c1-17(2)16-25-22(27)19-11-6-5-10-18(19)20(21(26)24-14-9-15-28-3)23(25)12-7-4-8-13-23/h5-6,10-11,17,20H,4,7-9,12-16H2,1-3H3,(H,24,26)/t20-/m0/s1. The highest BCUT2D eigenvalue weighted by atomic mass is 16.5. The lowest BCUT2D eigenvalue weighted by Crippen LogP contribution is -2.63. The molecule has 1 spiro atoms. The molecule has 28 heavy (non-hydrogen) atoms. The summed E-state index contributed by atoms with van der Waals surface area (Å²) >= 11 is 0. The van der Waals surface area contributed by atoms with E-state index in [0.717, 1.165) is 37.7 Å². The van der Waals surface area contributed by atoms with E-state index >= 15 is 0 Å². The summed E-state index contributed by atoms with van der Waals surface area (Å²) in [4.78, 5) is 29.0. The molecule has 0 aromatic heterocycles. The second kappa shape index (κ2) is 9.08. The van der Waals surface area contributed by atoms with E-state index in [1.807, 2.05) is 24.3 Å². The van der Waals surface area contributed by atoms with Crippen LogP contribution in [0.25, 0.3) is 0 Å². The van der Waals surface area contributed by atoms with Gasteiger partial charge in [-0.1, -0.05) is 51.3 Å². The molecule has 2 aliphatic rings. The molecule has 0 bridgehead atoms. The zero-order chi connectivity index (χ0) is 20.1. The zero-order valence-electron chi connectivity index (χ0n) is 17.5. The summed E-state index contributed by atoms with van der Waals surface area (Å²) in [5.74, 6) is 0.197. The van der Waals surface area contributed by atoms with Crippen LogP contribution in [-0.2, 0) is 9.53 Å². The number of hydrogen-bond donors (Lipinski definition) is 1. The number of fused-ring (bicyclic) bond motifs is 1. The quantitative estimate of drug-likeness (QED) is 0.726. The number of carbonyl (C=O) groups excluding carboxylic acids is 2. The molecular formula is C23H34N2O3. The highest BCUT2D eigenvalue weighted by molar-refractivity contribution is 6.02. The van der Waals surface area contributed by atoms with Crippen molar-refractivity contribution in [1.82, 2.24) is 10.2 Å². The molecule has 2 amide bonds. The topological polar surface area (TPSA) is 58.6 Å². The predicted molar refractivity (Wildman–Crippen MR) is 110 cm³/mol. The third-order valence-corrected chi connectivity index (χ3v) is 6.18. The fraction of sp³-hybridized carbons (Fsp3) is 0.652. The van der Waals surface area contributed by atoms with Gasteiger partial charge in [0.15, 0.2) is 0 Å². The lowest BCUT2D eigenvalue weighted by Gasteiger charge is -2.54. The van der Waals surface area contributed by atoms with Crippen LogP contribution in [0, 0.1) is 5.92 Å². The molecule has 5 nitrogen and oxygen atoms in total. The third-order valence-electron chi connectivity index (χ3n) is 6.18. The molecule has 1 heterocycles. The van der Waals surface area contributed by atoms with Crippen LogP contribution in [0.15, 0.2) is 24.3 Å². The molecule has 154 valence electrons. The first-order chi connectivity index (χ1) is 13.5. The van der Waals surface area contributed by atoms with Crippen molar-refractivity contribution in [2.75, 3.05) is 26.8 Å². The first kappa shape index (κ1) is 20.8. The maximum Gasteiger partial charge on any atom is 0.254 e. The van der Waals surface area contributed by atoms with Gasteiger partial charge in [-0.25, -0.2) is 0 Å². The number of ether oxygens (including phenoxy) is 1. The maximum atomic E-state index is 13.5. The van der Waals surface area contributed by atoms with E-state index in [9.17, 15) is 9.59 Å². The fourth-order valence-electron chi connectivity index (χ4n) is 5.00. The van der Waals surface area contributed by atoms with Crippen molar-refractivity contribution in [1.29, 1.82) is 0 Å². The molecule has 0 radical (unpaired) electrons. The molecule has 1 N–H and O–H groups in total. The Morgan fingerprint density at radius 1 is 1.25 bits per heavy atom. The van der Waals surface area contributed by atoms with Crippen LogP contribution in [0.3, 0.4) is 0 Å². The van der Waals surface area contributed by atoms with E-state index in [0.29, 0.717) is 31.2 Å². The van der Waals surface area contributed by atoms with E-state index in [4.69, 9.17) is 4.74 Å². The van der Waals surface area contributed by atoms with Crippen LogP contribution >= 0.6 is 0 Å². The van der Waals surface area contributed by atoms with Gasteiger partial charge in [0, 0.05) is 32.4 Å². The number of nitrogens with zero attached hydrogens (tertiary/aromatic N) is 1. The second-order valence-corrected chi connectivity index (χ2v) is 8.63. The Labute approximate surface area is 168 Å². The first-order valence-electron chi connectivity index (χ1n) is 10.7. The molecule has 1 aliphatic carbocycles. The molecule has 3 rings (SSSR count). The van der Waals surface area contributed by atoms with Crippen molar-refractivity contribution in [3.8, 4) is 0 Å². The number of carbonyl (C=O) groups is 2. The zero-order valence-corrected chi connectivity index (χ0v) is 17.5. The number of hydrogen-bond acceptors (Lipinski definition) is 3. The van der Waals surface area contributed by atoms with Gasteiger partial charge >= 0.3 is 0 Å². The van der Waals surface area contributed by atoms with E-state index in [2.05, 4.69) is 24.1 Å². The molecular weight excluding hydrogens is 352 g/mol. The minimum absolute atomic E-state index is 0.0479. The molecule has 1 atom stereocenters. The molecule has 1 saturated carbocycles. The van der Waals surface area contributed by atoms with Gasteiger partial charge in [0.25, 0.3) is 5.91 Å². The van der Waals surface area contributed by atoms with Gasteiger partial charge in [-0.05, 0) is 36.8 Å². The Kier molecular flexibility index (Phi) is 6.76. The third kappa shape index (κ3) is 3.95. The number of benzene rings is 1. The highest BCUT2D eigenvalue weighted by Crippen LogP contribution is 2.49. The monoisotopic (exact) mass is 386 g/mol. The molecule has 0 unspecified atom stereocenters. The maximum absolute atomic E-state index is 13.5. The Morgan fingerprint density at radius 3 is 2.64 bits per heavy atom. The minimum atomic E-state index is -0.403. The summed E-state index contributed by atoms with van der Waals surface area (Å²) in [5, 5.41) is 3.13. The normalized spacial score (nSPS) is 21.1. The summed E-state index contributed by atoms with van der Waals surface area (Å²) in [7, 11) is 1.67. The van der Waals surface area contributed by atoms with E-state index < -0.39 is 5.54 Å². The Hall–Kier alpha value is -1.88. The summed E-state index contributed by atoms with van der Waals surface area (Å²) in [6.45, 7) is 6.21. The number of rotatable bonds is 7. The second-order valence-electron chi connectivity index (χ2n) is 8.63. The average Bonchev–Trinajstić information content (AvgIpc) is 2.69. The van der Waals surface area contributed by atoms with E-state index in [1.54, 1.807) is 7.11 Å². The van der Waals surface area contributed by atoms with Crippen molar-refractivity contribution in [3.63, 3.8) is 0 Å². The van der Waals surface area contributed by atoms with Crippen LogP contribution in [-0.4, -0.2) is 49.1 Å². The Balaban J connectivity index is 2.02. The van der Waals surface area contributed by atoms with Crippen molar-refractivity contribution < 1.29 is 14.3 Å². The van der Waals surface area contributed by atoms with Gasteiger partial charge in [0.1, 0.15) is 0 Å². The molecule has 0 saturated heterocycles. The van der Waals surface area contributed by atoms with Gasteiger partial charge in [-0.2, -0.15) is 0 Å². The van der Waals surface area contributed by atoms with E-state index in [1.165, 1.54) is 6.42 Å². The lowest BCUT2D eigenvalue weighted by molar-refractivity contribution is -0.127. The molecule has 1 aliphatic heterocycles. The SMILES string of the molecule is COCCCNC(=O)[C@@H]1c2ccccc2C(=O)N(CC(C)C)C12CCCCC2. The van der Waals surface area contributed by atoms with Gasteiger partial charge in [0.05, 0.1) is 11.5 Å². The van der Waals surface area contributed by atoms with Crippen molar-refractivity contribution >= 4 is 11.8 Å². The van der Waals surface area contributed by atoms with Crippen LogP contribution in [0.1, 0.15) is 74.2 Å². The van der Waals surface area contributed by atoms with Crippen LogP contribution in [0.2, 0.25) is 0 Å². The van der Waals surface area contributed by atoms with Gasteiger partial charge in [0.2, 0.25) is 5.91 Å². The number of amides is 2. The van der Waals surface area contributed by atoms with Crippen molar-refractivity contribution in [3.05, 3.63) is 35.4 Å². The largest absolute Gasteiger partial charge is 0.385 e. The van der Waals surface area contributed by atoms with Crippen LogP contribution < -0.4 is 5.32 Å². The Morgan fingerprint density at radius 2 is 1.96 bits per heavy atom. The van der Waals surface area contributed by atoms with E-state index in [-0.39, 0.29) is 17.7 Å². The first-order valence-corrected chi connectivity index (χ1v) is 10.7. The highest BCUT2D eigenvalue weighted by Gasteiger charge is 2.54. The Bertz CT molecular complexity index is 695. The van der Waals surface area contributed by atoms with Gasteiger partial charge in [-0.3, -0.25) is 9.59 Å². The van der Waals surface area contributed by atoms with Crippen molar-refractivity contribution in [2.45, 2.75) is 63.8 Å². The summed E-state index contributed by atoms with van der Waals surface area (Å²) in [5.41, 5.74) is 1.19. The summed E-state index contributed by atoms with van der Waals surface area (Å²) in [6, 6.07) is 7.71. The molecule has 5 heteroatoms. The fourth-order valence-corrected chi connectivity index (χ4v) is 5.00. The van der Waals surface area contributed by atoms with Gasteiger partial charge in [-0.15, -0.1) is 0 Å². The molecule has 1 aromatic rings. The van der Waals surface area contributed by atoms with Crippen LogP contribution in [0.4, 0.5) is 0 Å². The molecule has 1 fully saturated rings. The predicted octanol–water partition coefficient (Wildman–Crippen LogP) is 3.74. The molecule has 1 aromatic carbocycles. The lowest BCUT2D eigenvalue weighted by atomic mass is 9.65. The van der Waals surface area contributed by atoms with Crippen LogP contribution in [0.5, 0.6) is 0 Å². The number of methoxy groups -OCH3 is 1. The average molecular weight is 387 g/mol.